The lowest BCUT2D eigenvalue weighted by molar-refractivity contribution is 0.302. The fraction of sp³-hybridized carbons (Fsp3) is 0.429. The molecule has 1 rings (SSSR count). The van der Waals surface area contributed by atoms with E-state index in [0.717, 1.165) is 30.9 Å². The van der Waals surface area contributed by atoms with Crippen LogP contribution in [0, 0.1) is 0 Å². The van der Waals surface area contributed by atoms with Crippen molar-refractivity contribution in [2.24, 2.45) is 0 Å². The van der Waals surface area contributed by atoms with Crippen molar-refractivity contribution in [1.29, 1.82) is 0 Å². The SMILES string of the molecule is C=C.CCCCOc1cccc(OCC)c1. The number of rotatable bonds is 6. The highest BCUT2D eigenvalue weighted by molar-refractivity contribution is 5.32. The second-order valence-electron chi connectivity index (χ2n) is 3.11. The van der Waals surface area contributed by atoms with Gasteiger partial charge in [-0.15, -0.1) is 13.2 Å². The predicted octanol–water partition coefficient (Wildman–Crippen LogP) is 4.07. The molecule has 0 saturated carbocycles. The summed E-state index contributed by atoms with van der Waals surface area (Å²) in [6, 6.07) is 7.78. The van der Waals surface area contributed by atoms with Gasteiger partial charge >= 0.3 is 0 Å². The Morgan fingerprint density at radius 1 is 1.06 bits per heavy atom. The highest BCUT2D eigenvalue weighted by Gasteiger charge is 1.96. The average molecular weight is 222 g/mol. The van der Waals surface area contributed by atoms with E-state index in [1.807, 2.05) is 31.2 Å². The van der Waals surface area contributed by atoms with E-state index in [2.05, 4.69) is 20.1 Å². The summed E-state index contributed by atoms with van der Waals surface area (Å²) in [5.41, 5.74) is 0. The van der Waals surface area contributed by atoms with Crippen molar-refractivity contribution >= 4 is 0 Å². The first-order valence-electron chi connectivity index (χ1n) is 5.72. The Balaban J connectivity index is 0.00000106. The molecule has 2 heteroatoms. The summed E-state index contributed by atoms with van der Waals surface area (Å²) in [5, 5.41) is 0. The molecule has 0 amide bonds. The molecule has 0 aliphatic carbocycles. The smallest absolute Gasteiger partial charge is 0.122 e. The summed E-state index contributed by atoms with van der Waals surface area (Å²) < 4.78 is 10.9. The van der Waals surface area contributed by atoms with Gasteiger partial charge in [0, 0.05) is 6.07 Å². The van der Waals surface area contributed by atoms with Crippen molar-refractivity contribution in [2.75, 3.05) is 13.2 Å². The minimum absolute atomic E-state index is 0.693. The highest BCUT2D eigenvalue weighted by Crippen LogP contribution is 2.19. The minimum Gasteiger partial charge on any atom is -0.494 e. The Hall–Kier alpha value is -1.44. The van der Waals surface area contributed by atoms with Crippen LogP contribution in [0.5, 0.6) is 11.5 Å². The van der Waals surface area contributed by atoms with Crippen molar-refractivity contribution in [1.82, 2.24) is 0 Å². The first-order valence-corrected chi connectivity index (χ1v) is 5.72. The number of unbranched alkanes of at least 4 members (excludes halogenated alkanes) is 1. The van der Waals surface area contributed by atoms with Crippen LogP contribution in [0.2, 0.25) is 0 Å². The fourth-order valence-corrected chi connectivity index (χ4v) is 1.15. The third kappa shape index (κ3) is 6.12. The lowest BCUT2D eigenvalue weighted by Crippen LogP contribution is -1.97. The van der Waals surface area contributed by atoms with Gasteiger partial charge in [0.2, 0.25) is 0 Å². The van der Waals surface area contributed by atoms with Gasteiger partial charge in [-0.3, -0.25) is 0 Å². The molecule has 90 valence electrons. The summed E-state index contributed by atoms with van der Waals surface area (Å²) >= 11 is 0. The molecule has 0 radical (unpaired) electrons. The van der Waals surface area contributed by atoms with E-state index in [1.54, 1.807) is 0 Å². The van der Waals surface area contributed by atoms with Crippen LogP contribution in [-0.4, -0.2) is 13.2 Å². The molecular weight excluding hydrogens is 200 g/mol. The molecule has 0 saturated heterocycles. The maximum atomic E-state index is 5.55. The van der Waals surface area contributed by atoms with Gasteiger partial charge in [-0.05, 0) is 25.5 Å². The lowest BCUT2D eigenvalue weighted by Gasteiger charge is -2.07. The van der Waals surface area contributed by atoms with E-state index >= 15 is 0 Å². The zero-order chi connectivity index (χ0) is 12.2. The minimum atomic E-state index is 0.693. The molecule has 1 aromatic carbocycles. The first-order chi connectivity index (χ1) is 7.86. The van der Waals surface area contributed by atoms with Crippen molar-refractivity contribution in [3.8, 4) is 11.5 Å². The number of ether oxygens (including phenoxy) is 2. The first kappa shape index (κ1) is 14.6. The number of benzene rings is 1. The van der Waals surface area contributed by atoms with Crippen LogP contribution in [0.25, 0.3) is 0 Å². The Morgan fingerprint density at radius 2 is 1.69 bits per heavy atom. The molecule has 0 unspecified atom stereocenters. The van der Waals surface area contributed by atoms with E-state index in [4.69, 9.17) is 9.47 Å². The molecule has 0 heterocycles. The molecule has 0 bridgehead atoms. The monoisotopic (exact) mass is 222 g/mol. The van der Waals surface area contributed by atoms with Gasteiger partial charge in [0.1, 0.15) is 11.5 Å². The Bertz CT molecular complexity index is 271. The van der Waals surface area contributed by atoms with E-state index in [1.165, 1.54) is 0 Å². The van der Waals surface area contributed by atoms with E-state index in [0.29, 0.717) is 6.61 Å². The molecule has 0 aromatic heterocycles. The molecule has 1 aromatic rings. The Morgan fingerprint density at radius 3 is 2.25 bits per heavy atom. The molecule has 0 aliphatic rings. The quantitative estimate of drug-likeness (QED) is 0.533. The van der Waals surface area contributed by atoms with E-state index in [-0.39, 0.29) is 0 Å². The van der Waals surface area contributed by atoms with Crippen molar-refractivity contribution < 1.29 is 9.47 Å². The summed E-state index contributed by atoms with van der Waals surface area (Å²) in [6.45, 7) is 11.6. The molecule has 16 heavy (non-hydrogen) atoms. The third-order valence-electron chi connectivity index (χ3n) is 1.88. The van der Waals surface area contributed by atoms with Gasteiger partial charge in [0.25, 0.3) is 0 Å². The van der Waals surface area contributed by atoms with Crippen molar-refractivity contribution in [3.63, 3.8) is 0 Å². The van der Waals surface area contributed by atoms with Gasteiger partial charge in [-0.25, -0.2) is 0 Å². The van der Waals surface area contributed by atoms with Gasteiger partial charge in [-0.2, -0.15) is 0 Å². The van der Waals surface area contributed by atoms with Crippen LogP contribution in [0.4, 0.5) is 0 Å². The lowest BCUT2D eigenvalue weighted by atomic mass is 10.3. The van der Waals surface area contributed by atoms with Gasteiger partial charge in [-0.1, -0.05) is 19.4 Å². The van der Waals surface area contributed by atoms with Crippen LogP contribution >= 0.6 is 0 Å². The zero-order valence-electron chi connectivity index (χ0n) is 10.4. The standard InChI is InChI=1S/C12H18O2.C2H4/c1-3-5-9-14-12-8-6-7-11(10-12)13-4-2;1-2/h6-8,10H,3-5,9H2,1-2H3;1-2H2. The van der Waals surface area contributed by atoms with Gasteiger partial charge in [0.15, 0.2) is 0 Å². The maximum Gasteiger partial charge on any atom is 0.122 e. The summed E-state index contributed by atoms with van der Waals surface area (Å²) in [4.78, 5) is 0. The fourth-order valence-electron chi connectivity index (χ4n) is 1.15. The van der Waals surface area contributed by atoms with E-state index < -0.39 is 0 Å². The van der Waals surface area contributed by atoms with Crippen molar-refractivity contribution in [2.45, 2.75) is 26.7 Å². The van der Waals surface area contributed by atoms with Crippen LogP contribution in [0.1, 0.15) is 26.7 Å². The number of hydrogen-bond acceptors (Lipinski definition) is 2. The van der Waals surface area contributed by atoms with Crippen LogP contribution in [-0.2, 0) is 0 Å². The molecule has 0 aliphatic heterocycles. The molecule has 0 N–H and O–H groups in total. The van der Waals surface area contributed by atoms with Gasteiger partial charge < -0.3 is 9.47 Å². The van der Waals surface area contributed by atoms with Crippen LogP contribution in [0.3, 0.4) is 0 Å². The largest absolute Gasteiger partial charge is 0.494 e. The summed E-state index contributed by atoms with van der Waals surface area (Å²) in [6.07, 6.45) is 2.25. The average Bonchev–Trinajstić information content (AvgIpc) is 2.33. The Labute approximate surface area is 98.9 Å². The second-order valence-corrected chi connectivity index (χ2v) is 3.11. The van der Waals surface area contributed by atoms with Crippen LogP contribution < -0.4 is 9.47 Å². The third-order valence-corrected chi connectivity index (χ3v) is 1.88. The number of hydrogen-bond donors (Lipinski definition) is 0. The van der Waals surface area contributed by atoms with Crippen molar-refractivity contribution in [3.05, 3.63) is 37.4 Å². The predicted molar refractivity (Wildman–Crippen MR) is 69.3 cm³/mol. The molecule has 0 atom stereocenters. The highest BCUT2D eigenvalue weighted by atomic mass is 16.5. The maximum absolute atomic E-state index is 5.55. The Kier molecular flexibility index (Phi) is 9.18. The second kappa shape index (κ2) is 10.1. The molecule has 2 nitrogen and oxygen atoms in total. The topological polar surface area (TPSA) is 18.5 Å². The molecule has 0 spiro atoms. The van der Waals surface area contributed by atoms with E-state index in [9.17, 15) is 0 Å². The normalized spacial score (nSPS) is 8.88. The molecular formula is C14H22O2. The zero-order valence-corrected chi connectivity index (χ0v) is 10.4. The van der Waals surface area contributed by atoms with Crippen LogP contribution in [0.15, 0.2) is 37.4 Å². The molecule has 0 fully saturated rings. The summed E-state index contributed by atoms with van der Waals surface area (Å²) in [5.74, 6) is 1.77. The van der Waals surface area contributed by atoms with Gasteiger partial charge in [0.05, 0.1) is 13.2 Å². The summed E-state index contributed by atoms with van der Waals surface area (Å²) in [7, 11) is 0.